The second-order valence-electron chi connectivity index (χ2n) is 9.83. The van der Waals surface area contributed by atoms with E-state index in [4.69, 9.17) is 21.7 Å². The summed E-state index contributed by atoms with van der Waals surface area (Å²) in [4.78, 5) is 11.8. The zero-order valence-corrected chi connectivity index (χ0v) is 20.0. The van der Waals surface area contributed by atoms with Crippen molar-refractivity contribution < 1.29 is 19.4 Å². The predicted octanol–water partition coefficient (Wildman–Crippen LogP) is 5.31. The maximum Gasteiger partial charge on any atom is 0.308 e. The molecule has 0 saturated carbocycles. The molecular formula is C27H34O4S. The molecule has 0 spiro atoms. The van der Waals surface area contributed by atoms with Crippen LogP contribution in [0.5, 0.6) is 0 Å². The molecule has 0 aromatic heterocycles. The standard InChI is InChI=1S/C27H34O4S/c1-16-12-19-9-8-18(3)22(11-10-21-14-20(28)15-25(29)30-21)26(19)24(13-16)31-27(32)23-7-5-4-6-17(23)2/h4-9,12,16,18,20-22,24,26,28H,10-11,13-15H2,1-3H3/t16-,18-,20+,21+,22-,24-,26-/m0/s1. The molecule has 5 heteroatoms. The number of aliphatic hydroxyl groups excluding tert-OH is 1. The molecule has 1 N–H and O–H groups in total. The van der Waals surface area contributed by atoms with Gasteiger partial charge in [0.1, 0.15) is 12.2 Å². The Morgan fingerprint density at radius 2 is 2.00 bits per heavy atom. The van der Waals surface area contributed by atoms with Crippen LogP contribution in [0.15, 0.2) is 48.1 Å². The van der Waals surface area contributed by atoms with Gasteiger partial charge >= 0.3 is 5.97 Å². The van der Waals surface area contributed by atoms with Crippen LogP contribution < -0.4 is 0 Å². The quantitative estimate of drug-likeness (QED) is 0.483. The summed E-state index contributed by atoms with van der Waals surface area (Å²) in [6.07, 6.45) is 9.43. The van der Waals surface area contributed by atoms with Crippen molar-refractivity contribution in [3.8, 4) is 0 Å². The number of carbonyl (C=O) groups excluding carboxylic acids is 1. The molecule has 172 valence electrons. The summed E-state index contributed by atoms with van der Waals surface area (Å²) in [5.74, 6) is 1.17. The third-order valence-electron chi connectivity index (χ3n) is 7.28. The van der Waals surface area contributed by atoms with Gasteiger partial charge in [0.2, 0.25) is 0 Å². The van der Waals surface area contributed by atoms with Crippen molar-refractivity contribution in [3.63, 3.8) is 0 Å². The maximum absolute atomic E-state index is 11.8. The Morgan fingerprint density at radius 1 is 1.22 bits per heavy atom. The minimum absolute atomic E-state index is 0.0222. The number of cyclic esters (lactones) is 1. The van der Waals surface area contributed by atoms with Gasteiger partial charge in [0.15, 0.2) is 5.05 Å². The summed E-state index contributed by atoms with van der Waals surface area (Å²) in [5.41, 5.74) is 3.46. The van der Waals surface area contributed by atoms with Crippen LogP contribution >= 0.6 is 12.2 Å². The molecule has 1 saturated heterocycles. The van der Waals surface area contributed by atoms with Gasteiger partial charge in [0, 0.05) is 17.9 Å². The van der Waals surface area contributed by atoms with Gasteiger partial charge in [-0.05, 0) is 67.3 Å². The molecule has 1 fully saturated rings. The lowest BCUT2D eigenvalue weighted by atomic mass is 9.65. The van der Waals surface area contributed by atoms with Gasteiger partial charge in [-0.15, -0.1) is 0 Å². The molecule has 0 amide bonds. The van der Waals surface area contributed by atoms with Crippen molar-refractivity contribution in [2.45, 2.75) is 71.2 Å². The average Bonchev–Trinajstić information content (AvgIpc) is 2.72. The fourth-order valence-corrected chi connectivity index (χ4v) is 5.99. The van der Waals surface area contributed by atoms with Crippen LogP contribution in [0.1, 0.15) is 57.1 Å². The molecule has 0 bridgehead atoms. The van der Waals surface area contributed by atoms with Gasteiger partial charge in [-0.1, -0.05) is 56.3 Å². The number of ether oxygens (including phenoxy) is 2. The van der Waals surface area contributed by atoms with E-state index < -0.39 is 6.10 Å². The molecule has 1 aromatic rings. The van der Waals surface area contributed by atoms with Gasteiger partial charge in [-0.3, -0.25) is 4.79 Å². The Morgan fingerprint density at radius 3 is 2.75 bits per heavy atom. The molecule has 0 radical (unpaired) electrons. The first-order valence-electron chi connectivity index (χ1n) is 11.9. The van der Waals surface area contributed by atoms with Gasteiger partial charge in [0.25, 0.3) is 0 Å². The number of aryl methyl sites for hydroxylation is 1. The van der Waals surface area contributed by atoms with E-state index in [1.807, 2.05) is 18.2 Å². The first-order valence-corrected chi connectivity index (χ1v) is 12.3. The minimum Gasteiger partial charge on any atom is -0.479 e. The van der Waals surface area contributed by atoms with Gasteiger partial charge in [-0.2, -0.15) is 0 Å². The average molecular weight is 455 g/mol. The Kier molecular flexibility index (Phi) is 7.16. The SMILES string of the molecule is Cc1ccccc1C(=S)O[C@H]1C[C@@H](C)C=C2C=C[C@H](C)[C@H](CC[C@@H]3C[C@@H](O)CC(=O)O3)[C@H]21. The highest BCUT2D eigenvalue weighted by Gasteiger charge is 2.41. The summed E-state index contributed by atoms with van der Waals surface area (Å²) in [7, 11) is 0. The molecule has 32 heavy (non-hydrogen) atoms. The van der Waals surface area contributed by atoms with E-state index in [0.29, 0.717) is 29.2 Å². The number of benzene rings is 1. The zero-order valence-electron chi connectivity index (χ0n) is 19.2. The largest absolute Gasteiger partial charge is 0.479 e. The molecular weight excluding hydrogens is 420 g/mol. The molecule has 1 aliphatic heterocycles. The van der Waals surface area contributed by atoms with Crippen molar-refractivity contribution in [1.82, 2.24) is 0 Å². The van der Waals surface area contributed by atoms with E-state index in [0.717, 1.165) is 30.4 Å². The van der Waals surface area contributed by atoms with Crippen molar-refractivity contribution >= 4 is 23.2 Å². The molecule has 0 unspecified atom stereocenters. The van der Waals surface area contributed by atoms with E-state index in [9.17, 15) is 9.90 Å². The highest BCUT2D eigenvalue weighted by Crippen LogP contribution is 2.45. The minimum atomic E-state index is -0.585. The fraction of sp³-hybridized carbons (Fsp3) is 0.556. The molecule has 7 atom stereocenters. The highest BCUT2D eigenvalue weighted by atomic mass is 32.1. The number of thiocarbonyl (C=S) groups is 1. The summed E-state index contributed by atoms with van der Waals surface area (Å²) < 4.78 is 12.0. The molecule has 2 aliphatic carbocycles. The Balaban J connectivity index is 1.52. The number of esters is 1. The summed E-state index contributed by atoms with van der Waals surface area (Å²) >= 11 is 5.74. The summed E-state index contributed by atoms with van der Waals surface area (Å²) in [5, 5.41) is 10.5. The number of rotatable bonds is 5. The molecule has 4 nitrogen and oxygen atoms in total. The van der Waals surface area contributed by atoms with Crippen molar-refractivity contribution in [2.75, 3.05) is 0 Å². The maximum atomic E-state index is 11.8. The van der Waals surface area contributed by atoms with E-state index >= 15 is 0 Å². The van der Waals surface area contributed by atoms with Crippen LogP contribution in [-0.4, -0.2) is 34.4 Å². The Bertz CT molecular complexity index is 920. The van der Waals surface area contributed by atoms with Crippen molar-refractivity contribution in [1.29, 1.82) is 0 Å². The second kappa shape index (κ2) is 9.88. The number of hydrogen-bond donors (Lipinski definition) is 1. The normalized spacial score (nSPS) is 34.3. The third-order valence-corrected chi connectivity index (χ3v) is 7.59. The van der Waals surface area contributed by atoms with Crippen LogP contribution in [0.3, 0.4) is 0 Å². The lowest BCUT2D eigenvalue weighted by Crippen LogP contribution is -2.41. The Labute approximate surface area is 196 Å². The van der Waals surface area contributed by atoms with Crippen LogP contribution in [0.4, 0.5) is 0 Å². The van der Waals surface area contributed by atoms with Gasteiger partial charge < -0.3 is 14.6 Å². The summed E-state index contributed by atoms with van der Waals surface area (Å²) in [6.45, 7) is 6.56. The van der Waals surface area contributed by atoms with E-state index in [2.05, 4.69) is 45.1 Å². The molecule has 4 rings (SSSR count). The predicted molar refractivity (Wildman–Crippen MR) is 129 cm³/mol. The lowest BCUT2D eigenvalue weighted by Gasteiger charge is -2.43. The van der Waals surface area contributed by atoms with Crippen molar-refractivity contribution in [3.05, 3.63) is 59.2 Å². The van der Waals surface area contributed by atoms with Crippen molar-refractivity contribution in [2.24, 2.45) is 23.7 Å². The van der Waals surface area contributed by atoms with E-state index in [-0.39, 0.29) is 30.5 Å². The third kappa shape index (κ3) is 5.15. The van der Waals surface area contributed by atoms with Crippen LogP contribution in [-0.2, 0) is 14.3 Å². The summed E-state index contributed by atoms with van der Waals surface area (Å²) in [6, 6.07) is 8.11. The second-order valence-corrected chi connectivity index (χ2v) is 10.2. The molecule has 3 aliphatic rings. The smallest absolute Gasteiger partial charge is 0.308 e. The lowest BCUT2D eigenvalue weighted by molar-refractivity contribution is -0.160. The number of carbonyl (C=O) groups is 1. The zero-order chi connectivity index (χ0) is 22.8. The molecule has 1 heterocycles. The molecule has 1 aromatic carbocycles. The van der Waals surface area contributed by atoms with Gasteiger partial charge in [0.05, 0.1) is 12.5 Å². The number of hydrogen-bond acceptors (Lipinski definition) is 5. The van der Waals surface area contributed by atoms with E-state index in [1.165, 1.54) is 5.57 Å². The van der Waals surface area contributed by atoms with E-state index in [1.54, 1.807) is 0 Å². The fourth-order valence-electron chi connectivity index (χ4n) is 5.64. The van der Waals surface area contributed by atoms with Gasteiger partial charge in [-0.25, -0.2) is 0 Å². The van der Waals surface area contributed by atoms with Crippen LogP contribution in [0, 0.1) is 30.6 Å². The Hall–Kier alpha value is -1.98. The van der Waals surface area contributed by atoms with Crippen LogP contribution in [0.25, 0.3) is 0 Å². The first kappa shape index (κ1) is 23.2. The topological polar surface area (TPSA) is 55.8 Å². The number of fused-ring (bicyclic) bond motifs is 1. The first-order chi connectivity index (χ1) is 15.3. The number of aliphatic hydroxyl groups is 1. The highest BCUT2D eigenvalue weighted by molar-refractivity contribution is 7.80. The monoisotopic (exact) mass is 454 g/mol. The van der Waals surface area contributed by atoms with Crippen LogP contribution in [0.2, 0.25) is 0 Å². The number of allylic oxidation sites excluding steroid dienone is 3.